The molecule has 0 aromatic heterocycles. The van der Waals surface area contributed by atoms with Crippen LogP contribution in [0.15, 0.2) is 53.5 Å². The van der Waals surface area contributed by atoms with Crippen LogP contribution in [0.2, 0.25) is 0 Å². The van der Waals surface area contributed by atoms with E-state index in [1.807, 2.05) is 0 Å². The minimum Gasteiger partial charge on any atom is -0.494 e. The molecule has 1 aliphatic heterocycles. The van der Waals surface area contributed by atoms with Gasteiger partial charge >= 0.3 is 5.97 Å². The van der Waals surface area contributed by atoms with Gasteiger partial charge in [0.05, 0.1) is 6.61 Å². The summed E-state index contributed by atoms with van der Waals surface area (Å²) in [5.74, 6) is 1.29. The number of amides is 1. The number of carbonyl (C=O) groups excluding carboxylic acids is 2. The van der Waals surface area contributed by atoms with Crippen LogP contribution in [0.5, 0.6) is 5.75 Å². The Labute approximate surface area is 238 Å². The molecule has 0 spiro atoms. The predicted octanol–water partition coefficient (Wildman–Crippen LogP) is 3.78. The number of esters is 1. The number of nitrogens with zero attached hydrogens (tertiary/aromatic N) is 1. The van der Waals surface area contributed by atoms with E-state index >= 15 is 0 Å². The maximum Gasteiger partial charge on any atom is 0.306 e. The molecule has 9 nitrogen and oxygen atoms in total. The van der Waals surface area contributed by atoms with Crippen molar-refractivity contribution in [3.05, 3.63) is 65.5 Å². The largest absolute Gasteiger partial charge is 0.494 e. The highest BCUT2D eigenvalue weighted by molar-refractivity contribution is 7.98. The molecule has 0 saturated carbocycles. The lowest BCUT2D eigenvalue weighted by Crippen LogP contribution is -2.52. The monoisotopic (exact) mass is 575 g/mol. The number of carbonyl (C=O) groups is 2. The van der Waals surface area contributed by atoms with Crippen molar-refractivity contribution in [3.63, 3.8) is 0 Å². The number of rotatable bonds is 15. The fourth-order valence-corrected chi connectivity index (χ4v) is 4.57. The van der Waals surface area contributed by atoms with Crippen molar-refractivity contribution in [1.29, 1.82) is 0 Å². The molecule has 0 saturated heterocycles. The summed E-state index contributed by atoms with van der Waals surface area (Å²) >= 11 is 1.65. The third kappa shape index (κ3) is 10.1. The molecule has 0 fully saturated rings. The molecule has 40 heavy (non-hydrogen) atoms. The molecule has 3 rings (SSSR count). The van der Waals surface area contributed by atoms with Crippen LogP contribution in [-0.4, -0.2) is 66.1 Å². The van der Waals surface area contributed by atoms with Crippen LogP contribution in [0, 0.1) is 5.82 Å². The van der Waals surface area contributed by atoms with Crippen LogP contribution in [0.3, 0.4) is 0 Å². The molecule has 0 aliphatic carbocycles. The number of hydrazine groups is 1. The number of benzene rings is 2. The fourth-order valence-electron chi connectivity index (χ4n) is 3.76. The maximum atomic E-state index is 13.3. The van der Waals surface area contributed by atoms with Crippen molar-refractivity contribution in [2.24, 2.45) is 4.99 Å². The van der Waals surface area contributed by atoms with Crippen LogP contribution in [-0.2, 0) is 24.8 Å². The first-order valence-electron chi connectivity index (χ1n) is 13.2. The van der Waals surface area contributed by atoms with Gasteiger partial charge in [-0.15, -0.1) is 0 Å². The molecule has 0 unspecified atom stereocenters. The van der Waals surface area contributed by atoms with Crippen molar-refractivity contribution in [2.75, 3.05) is 32.1 Å². The second kappa shape index (κ2) is 15.0. The zero-order chi connectivity index (χ0) is 29.0. The topological polar surface area (TPSA) is 118 Å². The molecular weight excluding hydrogens is 537 g/mol. The first-order chi connectivity index (χ1) is 19.1. The van der Waals surface area contributed by atoms with Gasteiger partial charge in [-0.3, -0.25) is 15.0 Å². The van der Waals surface area contributed by atoms with Crippen LogP contribution in [0.25, 0.3) is 0 Å². The first-order valence-corrected chi connectivity index (χ1v) is 14.4. The van der Waals surface area contributed by atoms with E-state index in [9.17, 15) is 14.0 Å². The number of hydrogen-bond acceptors (Lipinski definition) is 9. The second-order valence-corrected chi connectivity index (χ2v) is 11.4. The van der Waals surface area contributed by atoms with Gasteiger partial charge in [0.15, 0.2) is 5.54 Å². The summed E-state index contributed by atoms with van der Waals surface area (Å²) in [6, 6.07) is 13.5. The number of aliphatic hydroxyl groups is 1. The van der Waals surface area contributed by atoms with Gasteiger partial charge in [-0.1, -0.05) is 12.1 Å². The highest BCUT2D eigenvalue weighted by Gasteiger charge is 2.45. The van der Waals surface area contributed by atoms with E-state index in [0.717, 1.165) is 11.3 Å². The number of halogens is 1. The Hall–Kier alpha value is -3.15. The van der Waals surface area contributed by atoms with Gasteiger partial charge in [0.25, 0.3) is 5.91 Å². The van der Waals surface area contributed by atoms with Crippen molar-refractivity contribution in [1.82, 2.24) is 10.9 Å². The summed E-state index contributed by atoms with van der Waals surface area (Å²) < 4.78 is 29.9. The lowest BCUT2D eigenvalue weighted by Gasteiger charge is -2.24. The Kier molecular flexibility index (Phi) is 11.8. The molecule has 1 aliphatic rings. The minimum atomic E-state index is -1.31. The normalized spacial score (nSPS) is 16.7. The standard InChI is InChI=1S/C29H38FN3O6S/c1-28(2,3)39-25(35)13-14-29(27(36)33-31-15-18-40-19-21-5-9-23(30)10-6-21)20-38-26(32-29)22-7-11-24(12-8-22)37-17-4-16-34/h5-12,31,34H,4,13-20H2,1-3H3,(H,33,36)/t29-/m0/s1. The quantitative estimate of drug-likeness (QED) is 0.167. The fraction of sp³-hybridized carbons (Fsp3) is 0.483. The van der Waals surface area contributed by atoms with E-state index in [1.54, 1.807) is 68.9 Å². The van der Waals surface area contributed by atoms with Crippen LogP contribution in [0.1, 0.15) is 51.2 Å². The highest BCUT2D eigenvalue weighted by Crippen LogP contribution is 2.28. The summed E-state index contributed by atoms with van der Waals surface area (Å²) in [6.07, 6.45) is 0.643. The summed E-state index contributed by atoms with van der Waals surface area (Å²) in [7, 11) is 0. The highest BCUT2D eigenvalue weighted by atomic mass is 32.2. The second-order valence-electron chi connectivity index (χ2n) is 10.3. The third-order valence-corrected chi connectivity index (χ3v) is 6.81. The first kappa shape index (κ1) is 31.4. The lowest BCUT2D eigenvalue weighted by atomic mass is 9.94. The van der Waals surface area contributed by atoms with Crippen LogP contribution in [0.4, 0.5) is 4.39 Å². The zero-order valence-electron chi connectivity index (χ0n) is 23.2. The van der Waals surface area contributed by atoms with E-state index < -0.39 is 23.0 Å². The van der Waals surface area contributed by atoms with Crippen LogP contribution >= 0.6 is 11.8 Å². The number of aliphatic imine (C=N–C) groups is 1. The molecule has 1 atom stereocenters. The molecule has 2 aromatic rings. The number of aliphatic hydroxyl groups excluding tert-OH is 1. The zero-order valence-corrected chi connectivity index (χ0v) is 24.0. The Bertz CT molecular complexity index is 1140. The molecule has 2 aromatic carbocycles. The third-order valence-electron chi connectivity index (χ3n) is 5.78. The smallest absolute Gasteiger partial charge is 0.306 e. The van der Waals surface area contributed by atoms with Gasteiger partial charge in [-0.25, -0.2) is 14.8 Å². The van der Waals surface area contributed by atoms with Crippen molar-refractivity contribution in [3.8, 4) is 5.75 Å². The average Bonchev–Trinajstić information content (AvgIpc) is 3.36. The Morgan fingerprint density at radius 2 is 1.88 bits per heavy atom. The van der Waals surface area contributed by atoms with Gasteiger partial charge in [-0.2, -0.15) is 11.8 Å². The molecule has 1 heterocycles. The van der Waals surface area contributed by atoms with Crippen molar-refractivity contribution in [2.45, 2.75) is 56.9 Å². The molecule has 1 amide bonds. The molecule has 11 heteroatoms. The molecular formula is C29H38FN3O6S. The van der Waals surface area contributed by atoms with Gasteiger partial charge in [0.1, 0.15) is 23.8 Å². The molecule has 3 N–H and O–H groups in total. The summed E-state index contributed by atoms with van der Waals surface area (Å²) in [5, 5.41) is 8.91. The maximum absolute atomic E-state index is 13.3. The van der Waals surface area contributed by atoms with Crippen molar-refractivity contribution >= 4 is 29.5 Å². The SMILES string of the molecule is CC(C)(C)OC(=O)CC[C@@]1(C(=O)NNCCSCc2ccc(F)cc2)COC(c2ccc(OCCCO)cc2)=N1. The number of hydrogen-bond donors (Lipinski definition) is 3. The molecule has 0 bridgehead atoms. The van der Waals surface area contributed by atoms with Gasteiger partial charge < -0.3 is 19.3 Å². The van der Waals surface area contributed by atoms with E-state index in [4.69, 9.17) is 19.3 Å². The predicted molar refractivity (Wildman–Crippen MR) is 153 cm³/mol. The Morgan fingerprint density at radius 3 is 2.55 bits per heavy atom. The van der Waals surface area contributed by atoms with Gasteiger partial charge in [0.2, 0.25) is 5.90 Å². The average molecular weight is 576 g/mol. The number of nitrogens with one attached hydrogen (secondary N) is 2. The summed E-state index contributed by atoms with van der Waals surface area (Å²) in [4.78, 5) is 30.4. The van der Waals surface area contributed by atoms with Gasteiger partial charge in [-0.05, 0) is 69.2 Å². The Balaban J connectivity index is 1.60. The molecule has 0 radical (unpaired) electrons. The Morgan fingerprint density at radius 1 is 1.15 bits per heavy atom. The van der Waals surface area contributed by atoms with Gasteiger partial charge in [0, 0.05) is 43.1 Å². The lowest BCUT2D eigenvalue weighted by molar-refractivity contribution is -0.155. The van der Waals surface area contributed by atoms with E-state index in [0.29, 0.717) is 42.5 Å². The summed E-state index contributed by atoms with van der Waals surface area (Å²) in [6.45, 7) is 6.30. The van der Waals surface area contributed by atoms with Crippen molar-refractivity contribution < 1.29 is 33.3 Å². The number of ether oxygens (including phenoxy) is 3. The summed E-state index contributed by atoms with van der Waals surface area (Å²) in [5.41, 5.74) is 5.41. The number of thioether (sulfide) groups is 1. The van der Waals surface area contributed by atoms with E-state index in [-0.39, 0.29) is 31.9 Å². The minimum absolute atomic E-state index is 0.00398. The van der Waals surface area contributed by atoms with Crippen LogP contribution < -0.4 is 15.6 Å². The molecule has 218 valence electrons. The van der Waals surface area contributed by atoms with E-state index in [1.165, 1.54) is 12.1 Å². The van der Waals surface area contributed by atoms with E-state index in [2.05, 4.69) is 15.8 Å².